The van der Waals surface area contributed by atoms with E-state index in [9.17, 15) is 9.59 Å². The second-order valence-corrected chi connectivity index (χ2v) is 8.27. The molecule has 4 heterocycles. The first-order chi connectivity index (χ1) is 13.7. The van der Waals surface area contributed by atoms with E-state index in [0.717, 1.165) is 5.69 Å². The smallest absolute Gasteiger partial charge is 0.410 e. The molecule has 0 aliphatic carbocycles. The lowest BCUT2D eigenvalue weighted by molar-refractivity contribution is 0.0203. The molecule has 29 heavy (non-hydrogen) atoms. The van der Waals surface area contributed by atoms with Gasteiger partial charge in [0.25, 0.3) is 11.4 Å². The monoisotopic (exact) mass is 400 g/mol. The van der Waals surface area contributed by atoms with E-state index >= 15 is 0 Å². The Balaban J connectivity index is 1.58. The van der Waals surface area contributed by atoms with Crippen LogP contribution in [-0.2, 0) is 4.74 Å². The maximum Gasteiger partial charge on any atom is 0.410 e. The molecule has 10 heteroatoms. The highest BCUT2D eigenvalue weighted by atomic mass is 16.6. The fourth-order valence-corrected chi connectivity index (χ4v) is 3.55. The molecule has 1 saturated heterocycles. The molecule has 3 aromatic rings. The van der Waals surface area contributed by atoms with Gasteiger partial charge in [0, 0.05) is 25.1 Å². The third kappa shape index (κ3) is 3.87. The van der Waals surface area contributed by atoms with Crippen LogP contribution in [0, 0.1) is 6.92 Å². The molecular weight excluding hydrogens is 376 g/mol. The molecule has 0 aromatic carbocycles. The first kappa shape index (κ1) is 19.2. The summed E-state index contributed by atoms with van der Waals surface area (Å²) in [4.78, 5) is 33.4. The number of ether oxygens (including phenoxy) is 1. The van der Waals surface area contributed by atoms with Gasteiger partial charge in [-0.15, -0.1) is 0 Å². The largest absolute Gasteiger partial charge is 0.444 e. The fraction of sp³-hybridized carbons (Fsp3) is 0.526. The maximum atomic E-state index is 12.3. The van der Waals surface area contributed by atoms with Gasteiger partial charge in [0.1, 0.15) is 16.8 Å². The van der Waals surface area contributed by atoms with Crippen molar-refractivity contribution in [2.75, 3.05) is 13.1 Å². The van der Waals surface area contributed by atoms with Crippen molar-refractivity contribution < 1.29 is 14.1 Å². The molecule has 0 bridgehead atoms. The van der Waals surface area contributed by atoms with Crippen LogP contribution in [0.3, 0.4) is 0 Å². The molecule has 1 amide bonds. The Morgan fingerprint density at radius 3 is 2.66 bits per heavy atom. The average Bonchev–Trinajstić information content (AvgIpc) is 3.25. The van der Waals surface area contributed by atoms with Crippen LogP contribution < -0.4 is 5.56 Å². The van der Waals surface area contributed by atoms with Crippen LogP contribution in [0.1, 0.15) is 51.0 Å². The van der Waals surface area contributed by atoms with Gasteiger partial charge in [-0.3, -0.25) is 4.79 Å². The summed E-state index contributed by atoms with van der Waals surface area (Å²) in [5.74, 6) is 0.910. The van der Waals surface area contributed by atoms with E-state index in [0.29, 0.717) is 48.9 Å². The number of nitrogens with one attached hydrogen (secondary N) is 1. The van der Waals surface area contributed by atoms with Crippen molar-refractivity contribution in [3.8, 4) is 11.5 Å². The number of hydrogen-bond acceptors (Lipinski definition) is 7. The van der Waals surface area contributed by atoms with E-state index in [1.54, 1.807) is 28.6 Å². The van der Waals surface area contributed by atoms with Crippen molar-refractivity contribution in [3.63, 3.8) is 0 Å². The van der Waals surface area contributed by atoms with Crippen molar-refractivity contribution in [2.24, 2.45) is 0 Å². The summed E-state index contributed by atoms with van der Waals surface area (Å²) in [6, 6.07) is 1.57. The molecule has 1 aliphatic rings. The van der Waals surface area contributed by atoms with E-state index in [-0.39, 0.29) is 17.6 Å². The Kier molecular flexibility index (Phi) is 4.64. The quantitative estimate of drug-likeness (QED) is 0.702. The zero-order chi connectivity index (χ0) is 20.8. The van der Waals surface area contributed by atoms with Crippen LogP contribution in [0.4, 0.5) is 4.79 Å². The van der Waals surface area contributed by atoms with Crippen molar-refractivity contribution in [3.05, 3.63) is 34.1 Å². The molecule has 0 atom stereocenters. The number of amides is 1. The highest BCUT2D eigenvalue weighted by Crippen LogP contribution is 2.30. The van der Waals surface area contributed by atoms with Gasteiger partial charge < -0.3 is 19.1 Å². The highest BCUT2D eigenvalue weighted by Gasteiger charge is 2.29. The van der Waals surface area contributed by atoms with E-state index in [4.69, 9.17) is 9.26 Å². The molecule has 3 aromatic heterocycles. The Morgan fingerprint density at radius 1 is 1.31 bits per heavy atom. The normalized spacial score (nSPS) is 15.8. The number of aryl methyl sites for hydroxylation is 1. The van der Waals surface area contributed by atoms with Crippen LogP contribution in [-0.4, -0.2) is 54.4 Å². The van der Waals surface area contributed by atoms with Gasteiger partial charge in [0.05, 0.1) is 11.9 Å². The summed E-state index contributed by atoms with van der Waals surface area (Å²) in [6.45, 7) is 8.40. The van der Waals surface area contributed by atoms with E-state index in [1.165, 1.54) is 0 Å². The van der Waals surface area contributed by atoms with Crippen molar-refractivity contribution >= 4 is 11.7 Å². The summed E-state index contributed by atoms with van der Waals surface area (Å²) in [5, 5.41) is 8.24. The number of hydrogen-bond donors (Lipinski definition) is 1. The molecule has 10 nitrogen and oxygen atoms in total. The Bertz CT molecular complexity index is 1100. The minimum atomic E-state index is -0.522. The van der Waals surface area contributed by atoms with Crippen LogP contribution >= 0.6 is 0 Å². The number of carbonyl (C=O) groups is 1. The molecule has 0 unspecified atom stereocenters. The summed E-state index contributed by atoms with van der Waals surface area (Å²) in [7, 11) is 0. The summed E-state index contributed by atoms with van der Waals surface area (Å²) >= 11 is 0. The van der Waals surface area contributed by atoms with Crippen LogP contribution in [0.2, 0.25) is 0 Å². The van der Waals surface area contributed by atoms with Gasteiger partial charge in [0.2, 0.25) is 0 Å². The van der Waals surface area contributed by atoms with Gasteiger partial charge in [0.15, 0.2) is 5.82 Å². The first-order valence-corrected chi connectivity index (χ1v) is 9.61. The molecule has 1 N–H and O–H groups in total. The van der Waals surface area contributed by atoms with Gasteiger partial charge >= 0.3 is 6.09 Å². The van der Waals surface area contributed by atoms with Crippen LogP contribution in [0.15, 0.2) is 21.6 Å². The Labute approximate surface area is 166 Å². The maximum absolute atomic E-state index is 12.3. The van der Waals surface area contributed by atoms with Gasteiger partial charge in [-0.05, 0) is 40.5 Å². The highest BCUT2D eigenvalue weighted by molar-refractivity contribution is 5.71. The Morgan fingerprint density at radius 2 is 2.03 bits per heavy atom. The topological polar surface area (TPSA) is 119 Å². The van der Waals surface area contributed by atoms with E-state index in [2.05, 4.69) is 20.2 Å². The summed E-state index contributed by atoms with van der Waals surface area (Å²) in [6.07, 6.45) is 2.73. The number of aromatic nitrogens is 5. The molecule has 0 saturated carbocycles. The summed E-state index contributed by atoms with van der Waals surface area (Å²) in [5.41, 5.74) is 1.15. The van der Waals surface area contributed by atoms with Gasteiger partial charge in [-0.2, -0.15) is 10.1 Å². The second-order valence-electron chi connectivity index (χ2n) is 8.27. The summed E-state index contributed by atoms with van der Waals surface area (Å²) < 4.78 is 12.4. The molecule has 4 rings (SSSR count). The minimum absolute atomic E-state index is 0.0932. The lowest BCUT2D eigenvalue weighted by Crippen LogP contribution is -2.41. The molecular formula is C19H24N6O4. The molecule has 154 valence electrons. The zero-order valence-corrected chi connectivity index (χ0v) is 16.9. The van der Waals surface area contributed by atoms with Crippen LogP contribution in [0.5, 0.6) is 0 Å². The van der Waals surface area contributed by atoms with E-state index in [1.807, 2.05) is 20.8 Å². The van der Waals surface area contributed by atoms with Crippen molar-refractivity contribution in [1.82, 2.24) is 29.6 Å². The number of piperidine rings is 1. The predicted molar refractivity (Wildman–Crippen MR) is 104 cm³/mol. The van der Waals surface area contributed by atoms with Crippen molar-refractivity contribution in [2.45, 2.75) is 52.1 Å². The zero-order valence-electron chi connectivity index (χ0n) is 16.9. The number of likely N-dealkylation sites (tertiary alicyclic amines) is 1. The second kappa shape index (κ2) is 7.02. The third-order valence-corrected chi connectivity index (χ3v) is 4.86. The SMILES string of the molecule is Cc1noc(-c2cnn3c(C4CCN(C(=O)OC(C)(C)C)CC4)cc(=O)[nH]c23)n1. The number of fused-ring (bicyclic) bond motifs is 1. The number of aromatic amines is 1. The molecule has 0 spiro atoms. The average molecular weight is 400 g/mol. The lowest BCUT2D eigenvalue weighted by atomic mass is 9.93. The van der Waals surface area contributed by atoms with Crippen molar-refractivity contribution in [1.29, 1.82) is 0 Å². The van der Waals surface area contributed by atoms with Crippen LogP contribution in [0.25, 0.3) is 17.1 Å². The fourth-order valence-electron chi connectivity index (χ4n) is 3.55. The molecule has 0 radical (unpaired) electrons. The third-order valence-electron chi connectivity index (χ3n) is 4.86. The van der Waals surface area contributed by atoms with Gasteiger partial charge in [-0.1, -0.05) is 5.16 Å². The molecule has 1 aliphatic heterocycles. The standard InChI is InChI=1S/C19H24N6O4/c1-11-21-17(29-23-11)13-10-20-25-14(9-15(26)22-16(13)25)12-5-7-24(8-6-12)18(27)28-19(2,3)4/h9-10,12H,5-8H2,1-4H3,(H,22,26). The minimum Gasteiger partial charge on any atom is -0.444 e. The predicted octanol–water partition coefficient (Wildman–Crippen LogP) is 2.50. The van der Waals surface area contributed by atoms with E-state index < -0.39 is 5.60 Å². The van der Waals surface area contributed by atoms with Gasteiger partial charge in [-0.25, -0.2) is 9.31 Å². The lowest BCUT2D eigenvalue weighted by Gasteiger charge is -2.33. The number of carbonyl (C=O) groups excluding carboxylic acids is 1. The number of H-pyrrole nitrogens is 1. The number of rotatable bonds is 2. The number of nitrogens with zero attached hydrogens (tertiary/aromatic N) is 5. The molecule has 1 fully saturated rings. The first-order valence-electron chi connectivity index (χ1n) is 9.61. The Hall–Kier alpha value is -3.17.